The second kappa shape index (κ2) is 14.6. The van der Waals surface area contributed by atoms with E-state index in [0.29, 0.717) is 12.2 Å². The summed E-state index contributed by atoms with van der Waals surface area (Å²) in [6.07, 6.45) is -4.25. The third-order valence-electron chi connectivity index (χ3n) is 6.12. The van der Waals surface area contributed by atoms with E-state index in [1.165, 1.54) is 5.56 Å². The summed E-state index contributed by atoms with van der Waals surface area (Å²) >= 11 is 0. The number of carboxylic acid groups (broad SMARTS) is 2. The summed E-state index contributed by atoms with van der Waals surface area (Å²) in [5.74, 6) is -2.07. The van der Waals surface area contributed by atoms with Crippen LogP contribution >= 0.6 is 0 Å². The van der Waals surface area contributed by atoms with Gasteiger partial charge in [-0.2, -0.15) is 13.2 Å². The number of halogens is 3. The van der Waals surface area contributed by atoms with Gasteiger partial charge in [-0.25, -0.2) is 9.59 Å². The zero-order valence-electron chi connectivity index (χ0n) is 22.3. The number of anilines is 2. The van der Waals surface area contributed by atoms with Crippen molar-refractivity contribution >= 4 is 29.3 Å². The van der Waals surface area contributed by atoms with E-state index in [0.717, 1.165) is 50.0 Å². The number of nitrogens with zero attached hydrogens (tertiary/aromatic N) is 3. The molecule has 9 nitrogen and oxygen atoms in total. The van der Waals surface area contributed by atoms with E-state index in [4.69, 9.17) is 19.6 Å². The first-order chi connectivity index (χ1) is 19.6. The fourth-order valence-corrected chi connectivity index (χ4v) is 4.06. The molecule has 0 unspecified atom stereocenters. The number of aromatic carboxylic acids is 1. The van der Waals surface area contributed by atoms with Crippen LogP contribution in [0.4, 0.5) is 24.5 Å². The van der Waals surface area contributed by atoms with Crippen LogP contribution in [0.1, 0.15) is 15.9 Å². The van der Waals surface area contributed by atoms with Gasteiger partial charge in [0.05, 0.1) is 18.4 Å². The van der Waals surface area contributed by atoms with Crippen LogP contribution in [-0.4, -0.2) is 79.0 Å². The molecule has 1 saturated heterocycles. The molecule has 218 valence electrons. The first-order valence-electron chi connectivity index (χ1n) is 12.7. The van der Waals surface area contributed by atoms with Gasteiger partial charge < -0.3 is 30.1 Å². The van der Waals surface area contributed by atoms with Gasteiger partial charge in [0.25, 0.3) is 0 Å². The quantitative estimate of drug-likeness (QED) is 0.272. The number of rotatable bonds is 7. The molecule has 0 amide bonds. The molecule has 1 aliphatic rings. The van der Waals surface area contributed by atoms with Crippen molar-refractivity contribution in [2.45, 2.75) is 12.6 Å². The van der Waals surface area contributed by atoms with E-state index in [1.54, 1.807) is 25.3 Å². The first kappa shape index (κ1) is 30.8. The minimum absolute atomic E-state index is 0.245. The molecule has 0 spiro atoms. The summed E-state index contributed by atoms with van der Waals surface area (Å²) in [6, 6.07) is 25.2. The van der Waals surface area contributed by atoms with Crippen molar-refractivity contribution < 1.29 is 37.7 Å². The Balaban J connectivity index is 0.000000587. The number of carboxylic acids is 2. The SMILES string of the molecule is COc1ccccc1N1CCN(C(=NCCc2ccccc2)Nc2cccc(C(=O)O)c2)CC1.O=C(O)C(F)(F)F. The highest BCUT2D eigenvalue weighted by atomic mass is 19.4. The van der Waals surface area contributed by atoms with Crippen LogP contribution in [0.15, 0.2) is 83.9 Å². The number of benzene rings is 3. The molecule has 0 aliphatic carbocycles. The van der Waals surface area contributed by atoms with Crippen molar-refractivity contribution in [3.63, 3.8) is 0 Å². The number of nitrogens with one attached hydrogen (secondary N) is 1. The molecule has 3 N–H and O–H groups in total. The molecule has 0 bridgehead atoms. The van der Waals surface area contributed by atoms with Crippen LogP contribution in [0.5, 0.6) is 5.75 Å². The molecule has 0 saturated carbocycles. The number of methoxy groups -OCH3 is 1. The van der Waals surface area contributed by atoms with Gasteiger partial charge in [0.15, 0.2) is 5.96 Å². The van der Waals surface area contributed by atoms with E-state index < -0.39 is 18.1 Å². The normalized spacial score (nSPS) is 13.6. The number of hydrogen-bond acceptors (Lipinski definition) is 5. The number of alkyl halides is 3. The third kappa shape index (κ3) is 9.45. The van der Waals surface area contributed by atoms with E-state index in [1.807, 2.05) is 42.5 Å². The van der Waals surface area contributed by atoms with Crippen molar-refractivity contribution in [2.75, 3.05) is 50.1 Å². The van der Waals surface area contributed by atoms with Gasteiger partial charge in [0.1, 0.15) is 5.75 Å². The van der Waals surface area contributed by atoms with Gasteiger partial charge >= 0.3 is 18.1 Å². The molecule has 0 atom stereocenters. The Morgan fingerprint density at radius 3 is 2.17 bits per heavy atom. The minimum atomic E-state index is -5.08. The number of aliphatic carboxylic acids is 1. The second-order valence-electron chi connectivity index (χ2n) is 8.90. The molecule has 1 fully saturated rings. The van der Waals surface area contributed by atoms with Crippen LogP contribution in [0.2, 0.25) is 0 Å². The standard InChI is InChI=1S/C27H30N4O3.C2HF3O2/c1-34-25-13-6-5-12-24(25)30-16-18-31(19-17-30)27(28-15-14-21-8-3-2-4-9-21)29-23-11-7-10-22(20-23)26(32)33;3-2(4,5)1(6)7/h2-13,20H,14-19H2,1H3,(H,28,29)(H,32,33);(H,6,7). The van der Waals surface area contributed by atoms with Crippen molar-refractivity contribution in [2.24, 2.45) is 4.99 Å². The maximum absolute atomic E-state index is 11.4. The zero-order chi connectivity index (χ0) is 29.8. The average molecular weight is 573 g/mol. The van der Waals surface area contributed by atoms with Crippen molar-refractivity contribution in [3.8, 4) is 5.75 Å². The summed E-state index contributed by atoms with van der Waals surface area (Å²) in [4.78, 5) is 29.7. The lowest BCUT2D eigenvalue weighted by atomic mass is 10.1. The lowest BCUT2D eigenvalue weighted by Crippen LogP contribution is -2.51. The van der Waals surface area contributed by atoms with E-state index in [2.05, 4.69) is 33.3 Å². The number of para-hydroxylation sites is 2. The van der Waals surface area contributed by atoms with Crippen LogP contribution in [0.25, 0.3) is 0 Å². The Bertz CT molecular complexity index is 1330. The topological polar surface area (TPSA) is 115 Å². The van der Waals surface area contributed by atoms with Crippen molar-refractivity contribution in [1.29, 1.82) is 0 Å². The summed E-state index contributed by atoms with van der Waals surface area (Å²) < 4.78 is 37.3. The van der Waals surface area contributed by atoms with Gasteiger partial charge in [-0.15, -0.1) is 0 Å². The molecule has 0 aromatic heterocycles. The molecule has 3 aromatic carbocycles. The highest BCUT2D eigenvalue weighted by Crippen LogP contribution is 2.28. The molecule has 0 radical (unpaired) electrons. The van der Waals surface area contributed by atoms with Gasteiger partial charge in [0, 0.05) is 38.4 Å². The minimum Gasteiger partial charge on any atom is -0.495 e. The maximum atomic E-state index is 11.4. The maximum Gasteiger partial charge on any atom is 0.490 e. The number of ether oxygens (including phenoxy) is 1. The fraction of sp³-hybridized carbons (Fsp3) is 0.276. The predicted molar refractivity (Wildman–Crippen MR) is 150 cm³/mol. The second-order valence-corrected chi connectivity index (χ2v) is 8.90. The van der Waals surface area contributed by atoms with Crippen LogP contribution in [0.3, 0.4) is 0 Å². The van der Waals surface area contributed by atoms with Gasteiger partial charge in [0.2, 0.25) is 0 Å². The number of carbonyl (C=O) groups is 2. The lowest BCUT2D eigenvalue weighted by molar-refractivity contribution is -0.192. The number of guanidine groups is 1. The Morgan fingerprint density at radius 1 is 0.927 bits per heavy atom. The van der Waals surface area contributed by atoms with E-state index in [-0.39, 0.29) is 5.56 Å². The zero-order valence-corrected chi connectivity index (χ0v) is 22.3. The average Bonchev–Trinajstić information content (AvgIpc) is 2.97. The third-order valence-corrected chi connectivity index (χ3v) is 6.12. The van der Waals surface area contributed by atoms with Crippen molar-refractivity contribution in [1.82, 2.24) is 4.90 Å². The predicted octanol–water partition coefficient (Wildman–Crippen LogP) is 4.86. The molecular weight excluding hydrogens is 541 g/mol. The number of piperazine rings is 1. The Kier molecular flexibility index (Phi) is 11.0. The highest BCUT2D eigenvalue weighted by Gasteiger charge is 2.38. The lowest BCUT2D eigenvalue weighted by Gasteiger charge is -2.38. The van der Waals surface area contributed by atoms with Crippen LogP contribution in [-0.2, 0) is 11.2 Å². The van der Waals surface area contributed by atoms with Gasteiger partial charge in [-0.05, 0) is 42.3 Å². The van der Waals surface area contributed by atoms with Gasteiger partial charge in [-0.1, -0.05) is 48.5 Å². The molecule has 1 aliphatic heterocycles. The van der Waals surface area contributed by atoms with Crippen LogP contribution < -0.4 is 15.0 Å². The van der Waals surface area contributed by atoms with Crippen molar-refractivity contribution in [3.05, 3.63) is 90.0 Å². The molecule has 4 rings (SSSR count). The molecular formula is C29H31F3N4O5. The Hall–Kier alpha value is -4.74. The molecule has 41 heavy (non-hydrogen) atoms. The van der Waals surface area contributed by atoms with Gasteiger partial charge in [-0.3, -0.25) is 4.99 Å². The molecule has 12 heteroatoms. The largest absolute Gasteiger partial charge is 0.495 e. The number of aliphatic imine (C=N–C) groups is 1. The van der Waals surface area contributed by atoms with Crippen LogP contribution in [0, 0.1) is 0 Å². The Labute approximate surface area is 235 Å². The fourth-order valence-electron chi connectivity index (χ4n) is 4.06. The van der Waals surface area contributed by atoms with E-state index >= 15 is 0 Å². The monoisotopic (exact) mass is 572 g/mol. The summed E-state index contributed by atoms with van der Waals surface area (Å²) in [7, 11) is 1.70. The molecule has 3 aromatic rings. The number of hydrogen-bond donors (Lipinski definition) is 3. The summed E-state index contributed by atoms with van der Waals surface area (Å²) in [6.45, 7) is 3.86. The molecule has 1 heterocycles. The smallest absolute Gasteiger partial charge is 0.490 e. The summed E-state index contributed by atoms with van der Waals surface area (Å²) in [5, 5.41) is 19.9. The first-order valence-corrected chi connectivity index (χ1v) is 12.7. The summed E-state index contributed by atoms with van der Waals surface area (Å²) in [5.41, 5.74) is 3.29. The Morgan fingerprint density at radius 2 is 1.56 bits per heavy atom. The highest BCUT2D eigenvalue weighted by molar-refractivity contribution is 5.96. The van der Waals surface area contributed by atoms with E-state index in [9.17, 15) is 23.1 Å².